The summed E-state index contributed by atoms with van der Waals surface area (Å²) >= 11 is 3.58. The second-order valence-electron chi connectivity index (χ2n) is 3.85. The van der Waals surface area contributed by atoms with E-state index in [1.165, 1.54) is 12.0 Å². The van der Waals surface area contributed by atoms with Crippen LogP contribution in [-0.4, -0.2) is 19.0 Å². The van der Waals surface area contributed by atoms with E-state index in [-0.39, 0.29) is 0 Å². The number of halogens is 1. The normalized spacial score (nSPS) is 12.7. The molecular weight excluding hydrogens is 252 g/mol. The number of hydrogen-bond acceptors (Lipinski definition) is 1. The topological polar surface area (TPSA) is 9.23 Å². The molecule has 0 saturated heterocycles. The van der Waals surface area contributed by atoms with E-state index in [9.17, 15) is 0 Å². The van der Waals surface area contributed by atoms with Crippen LogP contribution in [0.5, 0.6) is 0 Å². The SMILES string of the molecule is COCCCC(CBr)Cc1ccccc1. The van der Waals surface area contributed by atoms with Gasteiger partial charge in [0, 0.05) is 19.0 Å². The van der Waals surface area contributed by atoms with Gasteiger partial charge in [0.1, 0.15) is 0 Å². The molecule has 0 saturated carbocycles. The molecule has 1 unspecified atom stereocenters. The third-order valence-corrected chi connectivity index (χ3v) is 3.46. The fourth-order valence-electron chi connectivity index (χ4n) is 1.70. The minimum atomic E-state index is 0.725. The Morgan fingerprint density at radius 1 is 1.27 bits per heavy atom. The summed E-state index contributed by atoms with van der Waals surface area (Å²) < 4.78 is 5.07. The first-order valence-corrected chi connectivity index (χ1v) is 6.57. The highest BCUT2D eigenvalue weighted by Crippen LogP contribution is 2.16. The highest BCUT2D eigenvalue weighted by Gasteiger charge is 2.07. The number of hydrogen-bond donors (Lipinski definition) is 0. The van der Waals surface area contributed by atoms with E-state index in [2.05, 4.69) is 46.3 Å². The molecule has 15 heavy (non-hydrogen) atoms. The Bertz CT molecular complexity index is 248. The van der Waals surface area contributed by atoms with Gasteiger partial charge in [0.25, 0.3) is 0 Å². The molecule has 1 nitrogen and oxygen atoms in total. The molecule has 0 N–H and O–H groups in total. The fraction of sp³-hybridized carbons (Fsp3) is 0.538. The van der Waals surface area contributed by atoms with Gasteiger partial charge in [0.15, 0.2) is 0 Å². The van der Waals surface area contributed by atoms with Gasteiger partial charge < -0.3 is 4.74 Å². The molecule has 0 bridgehead atoms. The van der Waals surface area contributed by atoms with Gasteiger partial charge in [-0.2, -0.15) is 0 Å². The van der Waals surface area contributed by atoms with Gasteiger partial charge in [-0.3, -0.25) is 0 Å². The van der Waals surface area contributed by atoms with E-state index < -0.39 is 0 Å². The van der Waals surface area contributed by atoms with Crippen molar-refractivity contribution >= 4 is 15.9 Å². The lowest BCUT2D eigenvalue weighted by molar-refractivity contribution is 0.188. The quantitative estimate of drug-likeness (QED) is 0.543. The summed E-state index contributed by atoms with van der Waals surface area (Å²) in [5.74, 6) is 0.725. The van der Waals surface area contributed by atoms with Crippen LogP contribution in [0.3, 0.4) is 0 Å². The summed E-state index contributed by atoms with van der Waals surface area (Å²) in [4.78, 5) is 0. The van der Waals surface area contributed by atoms with E-state index in [0.29, 0.717) is 0 Å². The van der Waals surface area contributed by atoms with Crippen molar-refractivity contribution in [2.45, 2.75) is 19.3 Å². The summed E-state index contributed by atoms with van der Waals surface area (Å²) in [5.41, 5.74) is 1.43. The van der Waals surface area contributed by atoms with Crippen molar-refractivity contribution in [2.24, 2.45) is 5.92 Å². The standard InChI is InChI=1S/C13H19BrO/c1-15-9-5-8-13(11-14)10-12-6-3-2-4-7-12/h2-4,6-7,13H,5,8-11H2,1H3. The van der Waals surface area contributed by atoms with E-state index in [1.54, 1.807) is 7.11 Å². The Morgan fingerprint density at radius 3 is 2.60 bits per heavy atom. The molecule has 1 rings (SSSR count). The van der Waals surface area contributed by atoms with Crippen LogP contribution in [0.2, 0.25) is 0 Å². The third kappa shape index (κ3) is 5.33. The Morgan fingerprint density at radius 2 is 2.00 bits per heavy atom. The maximum atomic E-state index is 5.07. The fourth-order valence-corrected chi connectivity index (χ4v) is 2.25. The summed E-state index contributed by atoms with van der Waals surface area (Å²) in [5, 5.41) is 1.08. The molecule has 2 heteroatoms. The molecule has 84 valence electrons. The molecule has 0 amide bonds. The zero-order valence-corrected chi connectivity index (χ0v) is 10.9. The maximum Gasteiger partial charge on any atom is 0.0462 e. The number of methoxy groups -OCH3 is 1. The van der Waals surface area contributed by atoms with E-state index >= 15 is 0 Å². The predicted molar refractivity (Wildman–Crippen MR) is 68.5 cm³/mol. The van der Waals surface area contributed by atoms with Crippen LogP contribution in [0.1, 0.15) is 18.4 Å². The Labute approximate surface area is 101 Å². The zero-order valence-electron chi connectivity index (χ0n) is 9.29. The van der Waals surface area contributed by atoms with Crippen molar-refractivity contribution in [3.63, 3.8) is 0 Å². The van der Waals surface area contributed by atoms with Gasteiger partial charge in [0.05, 0.1) is 0 Å². The lowest BCUT2D eigenvalue weighted by Crippen LogP contribution is -2.07. The summed E-state index contributed by atoms with van der Waals surface area (Å²) in [6, 6.07) is 10.7. The second kappa shape index (κ2) is 7.89. The Hall–Kier alpha value is -0.340. The first-order valence-electron chi connectivity index (χ1n) is 5.45. The van der Waals surface area contributed by atoms with Crippen LogP contribution in [0.25, 0.3) is 0 Å². The van der Waals surface area contributed by atoms with E-state index in [4.69, 9.17) is 4.74 Å². The van der Waals surface area contributed by atoms with Gasteiger partial charge in [-0.1, -0.05) is 46.3 Å². The molecule has 1 atom stereocenters. The highest BCUT2D eigenvalue weighted by atomic mass is 79.9. The number of alkyl halides is 1. The largest absolute Gasteiger partial charge is 0.385 e. The van der Waals surface area contributed by atoms with Crippen LogP contribution < -0.4 is 0 Å². The molecule has 0 aliphatic rings. The van der Waals surface area contributed by atoms with Gasteiger partial charge in [-0.15, -0.1) is 0 Å². The van der Waals surface area contributed by atoms with Crippen molar-refractivity contribution in [1.29, 1.82) is 0 Å². The average molecular weight is 271 g/mol. The van der Waals surface area contributed by atoms with Crippen LogP contribution in [0.15, 0.2) is 30.3 Å². The molecule has 0 radical (unpaired) electrons. The molecule has 0 heterocycles. The van der Waals surface area contributed by atoms with Gasteiger partial charge in [-0.25, -0.2) is 0 Å². The highest BCUT2D eigenvalue weighted by molar-refractivity contribution is 9.09. The minimum Gasteiger partial charge on any atom is -0.385 e. The third-order valence-electron chi connectivity index (χ3n) is 2.55. The molecule has 1 aromatic carbocycles. The van der Waals surface area contributed by atoms with Crippen molar-refractivity contribution in [3.8, 4) is 0 Å². The molecule has 0 aromatic heterocycles. The minimum absolute atomic E-state index is 0.725. The first-order chi connectivity index (χ1) is 7.36. The van der Waals surface area contributed by atoms with Crippen LogP contribution in [-0.2, 0) is 11.2 Å². The molecule has 0 spiro atoms. The van der Waals surface area contributed by atoms with Crippen molar-refractivity contribution < 1.29 is 4.74 Å². The number of ether oxygens (including phenoxy) is 1. The van der Waals surface area contributed by atoms with E-state index in [1.807, 2.05) is 0 Å². The van der Waals surface area contributed by atoms with Gasteiger partial charge in [-0.05, 0) is 30.7 Å². The van der Waals surface area contributed by atoms with Crippen molar-refractivity contribution in [2.75, 3.05) is 19.0 Å². The number of benzene rings is 1. The second-order valence-corrected chi connectivity index (χ2v) is 4.49. The molecule has 0 fully saturated rings. The monoisotopic (exact) mass is 270 g/mol. The number of rotatable bonds is 7. The zero-order chi connectivity index (χ0) is 10.9. The Kier molecular flexibility index (Phi) is 6.69. The summed E-state index contributed by atoms with van der Waals surface area (Å²) in [6.45, 7) is 0.873. The predicted octanol–water partition coefficient (Wildman–Crippen LogP) is 3.67. The molecule has 0 aliphatic carbocycles. The smallest absolute Gasteiger partial charge is 0.0462 e. The lowest BCUT2D eigenvalue weighted by Gasteiger charge is -2.13. The lowest BCUT2D eigenvalue weighted by atomic mass is 9.97. The first kappa shape index (κ1) is 12.7. The average Bonchev–Trinajstić information content (AvgIpc) is 2.29. The molecule has 0 aliphatic heterocycles. The van der Waals surface area contributed by atoms with Gasteiger partial charge in [0.2, 0.25) is 0 Å². The van der Waals surface area contributed by atoms with E-state index in [0.717, 1.165) is 30.7 Å². The van der Waals surface area contributed by atoms with Crippen LogP contribution in [0, 0.1) is 5.92 Å². The summed E-state index contributed by atoms with van der Waals surface area (Å²) in [7, 11) is 1.76. The molecule has 1 aromatic rings. The maximum absolute atomic E-state index is 5.07. The Balaban J connectivity index is 2.33. The van der Waals surface area contributed by atoms with Gasteiger partial charge >= 0.3 is 0 Å². The molecular formula is C13H19BrO. The van der Waals surface area contributed by atoms with Crippen LogP contribution >= 0.6 is 15.9 Å². The van der Waals surface area contributed by atoms with Crippen molar-refractivity contribution in [1.82, 2.24) is 0 Å². The van der Waals surface area contributed by atoms with Crippen LogP contribution in [0.4, 0.5) is 0 Å². The summed E-state index contributed by atoms with van der Waals surface area (Å²) in [6.07, 6.45) is 3.55. The van der Waals surface area contributed by atoms with Crippen molar-refractivity contribution in [3.05, 3.63) is 35.9 Å².